The van der Waals surface area contributed by atoms with Crippen LogP contribution in [0.15, 0.2) is 36.0 Å². The Balaban J connectivity index is 2.62. The number of phenols is 1. The monoisotopic (exact) mass is 279 g/mol. The molecule has 1 aromatic rings. The van der Waals surface area contributed by atoms with Crippen molar-refractivity contribution in [2.24, 2.45) is 0 Å². The molecule has 5 nitrogen and oxygen atoms in total. The van der Waals surface area contributed by atoms with Crippen LogP contribution < -0.4 is 10.6 Å². The molecule has 6 heteroatoms. The van der Waals surface area contributed by atoms with Crippen molar-refractivity contribution in [2.75, 3.05) is 17.7 Å². The highest BCUT2D eigenvalue weighted by Crippen LogP contribution is 2.15. The highest BCUT2D eigenvalue weighted by molar-refractivity contribution is 6.17. The van der Waals surface area contributed by atoms with Crippen LogP contribution in [0, 0.1) is 11.3 Å². The molecule has 1 rings (SSSR count). The first-order valence-electron chi connectivity index (χ1n) is 5.67. The SMILES string of the molecule is N#C/C(=C/Nc1cccc(O)c1)C(=O)NCCCCl. The standard InChI is InChI=1S/C13H14ClN3O2/c14-5-2-6-16-13(19)10(8-15)9-17-11-3-1-4-12(18)7-11/h1,3-4,7,9,17-18H,2,5-6H2,(H,16,19)/b10-9-. The highest BCUT2D eigenvalue weighted by atomic mass is 35.5. The average molecular weight is 280 g/mol. The lowest BCUT2D eigenvalue weighted by molar-refractivity contribution is -0.117. The van der Waals surface area contributed by atoms with Crippen molar-refractivity contribution in [3.63, 3.8) is 0 Å². The molecule has 0 fully saturated rings. The molecular weight excluding hydrogens is 266 g/mol. The van der Waals surface area contributed by atoms with Gasteiger partial charge in [-0.15, -0.1) is 11.6 Å². The number of phenolic OH excluding ortho intramolecular Hbond substituents is 1. The minimum Gasteiger partial charge on any atom is -0.508 e. The van der Waals surface area contributed by atoms with E-state index in [4.69, 9.17) is 16.9 Å². The largest absolute Gasteiger partial charge is 0.508 e. The van der Waals surface area contributed by atoms with E-state index in [0.717, 1.165) is 0 Å². The van der Waals surface area contributed by atoms with Gasteiger partial charge >= 0.3 is 0 Å². The van der Waals surface area contributed by atoms with Crippen molar-refractivity contribution in [1.29, 1.82) is 5.26 Å². The lowest BCUT2D eigenvalue weighted by atomic mass is 10.2. The second-order valence-electron chi connectivity index (χ2n) is 3.66. The summed E-state index contributed by atoms with van der Waals surface area (Å²) in [4.78, 5) is 11.6. The minimum absolute atomic E-state index is 0.0436. The fraction of sp³-hybridized carbons (Fsp3) is 0.231. The number of rotatable bonds is 6. The van der Waals surface area contributed by atoms with Crippen LogP contribution in [0.2, 0.25) is 0 Å². The lowest BCUT2D eigenvalue weighted by Crippen LogP contribution is -2.26. The Kier molecular flexibility index (Phi) is 6.27. The summed E-state index contributed by atoms with van der Waals surface area (Å²) in [5.41, 5.74) is 0.541. The maximum Gasteiger partial charge on any atom is 0.263 e. The van der Waals surface area contributed by atoms with Crippen LogP contribution in [0.1, 0.15) is 6.42 Å². The molecule has 1 aromatic carbocycles. The normalized spacial score (nSPS) is 10.6. The molecule has 0 heterocycles. The van der Waals surface area contributed by atoms with E-state index in [2.05, 4.69) is 10.6 Å². The summed E-state index contributed by atoms with van der Waals surface area (Å²) in [5.74, 6) is 0.0942. The van der Waals surface area contributed by atoms with Gasteiger partial charge in [-0.05, 0) is 18.6 Å². The number of carbonyl (C=O) groups excluding carboxylic acids is 1. The first-order chi connectivity index (χ1) is 9.17. The molecule has 0 bridgehead atoms. The van der Waals surface area contributed by atoms with Crippen molar-refractivity contribution in [2.45, 2.75) is 6.42 Å². The van der Waals surface area contributed by atoms with Gasteiger partial charge in [-0.3, -0.25) is 4.79 Å². The Morgan fingerprint density at radius 3 is 2.95 bits per heavy atom. The van der Waals surface area contributed by atoms with Gasteiger partial charge in [-0.2, -0.15) is 5.26 Å². The maximum absolute atomic E-state index is 11.6. The number of nitrogens with one attached hydrogen (secondary N) is 2. The fourth-order valence-corrected chi connectivity index (χ4v) is 1.40. The van der Waals surface area contributed by atoms with E-state index in [9.17, 15) is 9.90 Å². The van der Waals surface area contributed by atoms with Crippen LogP contribution in [-0.2, 0) is 4.79 Å². The van der Waals surface area contributed by atoms with Gasteiger partial charge in [0.25, 0.3) is 5.91 Å². The zero-order valence-corrected chi connectivity index (χ0v) is 10.9. The number of nitriles is 1. The number of benzene rings is 1. The number of anilines is 1. The zero-order chi connectivity index (χ0) is 14.1. The van der Waals surface area contributed by atoms with Gasteiger partial charge in [-0.1, -0.05) is 6.07 Å². The lowest BCUT2D eigenvalue weighted by Gasteiger charge is -2.04. The van der Waals surface area contributed by atoms with Crippen molar-refractivity contribution >= 4 is 23.2 Å². The van der Waals surface area contributed by atoms with Crippen LogP contribution >= 0.6 is 11.6 Å². The Morgan fingerprint density at radius 2 is 2.32 bits per heavy atom. The highest BCUT2D eigenvalue weighted by Gasteiger charge is 2.07. The molecule has 100 valence electrons. The van der Waals surface area contributed by atoms with Gasteiger partial charge in [0.15, 0.2) is 0 Å². The van der Waals surface area contributed by atoms with Gasteiger partial charge in [0.1, 0.15) is 17.4 Å². The number of nitrogens with zero attached hydrogens (tertiary/aromatic N) is 1. The van der Waals surface area contributed by atoms with E-state index in [-0.39, 0.29) is 11.3 Å². The molecule has 0 spiro atoms. The molecule has 3 N–H and O–H groups in total. The Morgan fingerprint density at radius 1 is 1.53 bits per heavy atom. The van der Waals surface area contributed by atoms with Crippen molar-refractivity contribution < 1.29 is 9.90 Å². The summed E-state index contributed by atoms with van der Waals surface area (Å²) in [6.07, 6.45) is 1.94. The zero-order valence-electron chi connectivity index (χ0n) is 10.2. The Hall–Kier alpha value is -2.19. The van der Waals surface area contributed by atoms with Gasteiger partial charge in [0, 0.05) is 30.4 Å². The van der Waals surface area contributed by atoms with Crippen LogP contribution in [0.4, 0.5) is 5.69 Å². The van der Waals surface area contributed by atoms with E-state index >= 15 is 0 Å². The Bertz CT molecular complexity index is 509. The molecule has 19 heavy (non-hydrogen) atoms. The van der Waals surface area contributed by atoms with Crippen molar-refractivity contribution in [3.8, 4) is 11.8 Å². The molecule has 0 aromatic heterocycles. The second kappa shape index (κ2) is 8.01. The third kappa shape index (κ3) is 5.32. The maximum atomic E-state index is 11.6. The molecule has 0 atom stereocenters. The molecule has 0 saturated carbocycles. The van der Waals surface area contributed by atoms with Crippen molar-refractivity contribution in [1.82, 2.24) is 5.32 Å². The van der Waals surface area contributed by atoms with Crippen LogP contribution in [0.3, 0.4) is 0 Å². The average Bonchev–Trinajstić information content (AvgIpc) is 2.40. The molecule has 1 amide bonds. The first-order valence-corrected chi connectivity index (χ1v) is 6.21. The van der Waals surface area contributed by atoms with Gasteiger partial charge in [-0.25, -0.2) is 0 Å². The van der Waals surface area contributed by atoms with E-state index in [1.54, 1.807) is 18.2 Å². The predicted molar refractivity (Wildman–Crippen MR) is 73.8 cm³/mol. The third-order valence-corrected chi connectivity index (χ3v) is 2.46. The smallest absolute Gasteiger partial charge is 0.263 e. The minimum atomic E-state index is -0.458. The van der Waals surface area contributed by atoms with Crippen molar-refractivity contribution in [3.05, 3.63) is 36.0 Å². The summed E-state index contributed by atoms with van der Waals surface area (Å²) in [7, 11) is 0. The summed E-state index contributed by atoms with van der Waals surface area (Å²) >= 11 is 5.49. The van der Waals surface area contributed by atoms with E-state index < -0.39 is 5.91 Å². The summed E-state index contributed by atoms with van der Waals surface area (Å²) in [6.45, 7) is 0.424. The number of hydrogen-bond acceptors (Lipinski definition) is 4. The summed E-state index contributed by atoms with van der Waals surface area (Å²) < 4.78 is 0. The first kappa shape index (κ1) is 14.9. The van der Waals surface area contributed by atoms with E-state index in [1.807, 2.05) is 0 Å². The number of halogens is 1. The summed E-state index contributed by atoms with van der Waals surface area (Å²) in [5, 5.41) is 23.5. The quantitative estimate of drug-likeness (QED) is 0.322. The van der Waals surface area contributed by atoms with E-state index in [0.29, 0.717) is 24.5 Å². The number of amides is 1. The molecule has 0 radical (unpaired) electrons. The second-order valence-corrected chi connectivity index (χ2v) is 4.04. The van der Waals surface area contributed by atoms with Gasteiger partial charge in [0.05, 0.1) is 0 Å². The number of aromatic hydroxyl groups is 1. The predicted octanol–water partition coefficient (Wildman–Crippen LogP) is 1.96. The van der Waals surface area contributed by atoms with Crippen LogP contribution in [0.5, 0.6) is 5.75 Å². The molecule has 0 unspecified atom stereocenters. The topological polar surface area (TPSA) is 85.2 Å². The molecule has 0 saturated heterocycles. The third-order valence-electron chi connectivity index (χ3n) is 2.19. The molecular formula is C13H14ClN3O2. The van der Waals surface area contributed by atoms with Gasteiger partial charge in [0.2, 0.25) is 0 Å². The fourth-order valence-electron chi connectivity index (χ4n) is 1.26. The van der Waals surface area contributed by atoms with E-state index in [1.165, 1.54) is 18.3 Å². The Labute approximate surface area is 116 Å². The van der Waals surface area contributed by atoms with Crippen LogP contribution in [-0.4, -0.2) is 23.4 Å². The molecule has 0 aliphatic rings. The molecule has 0 aliphatic carbocycles. The van der Waals surface area contributed by atoms with Crippen LogP contribution in [0.25, 0.3) is 0 Å². The summed E-state index contributed by atoms with van der Waals surface area (Å²) in [6, 6.07) is 8.17. The van der Waals surface area contributed by atoms with Gasteiger partial charge < -0.3 is 15.7 Å². The number of hydrogen-bond donors (Lipinski definition) is 3. The number of alkyl halides is 1. The molecule has 0 aliphatic heterocycles. The number of carbonyl (C=O) groups is 1.